The maximum atomic E-state index is 13.8. The third kappa shape index (κ3) is 2.41. The molecule has 1 aromatic rings. The molecule has 108 valence electrons. The molecule has 20 heavy (non-hydrogen) atoms. The number of Topliss-reactive ketones (excluding diaryl/α,β-unsaturated/α-hetero) is 1. The van der Waals surface area contributed by atoms with Gasteiger partial charge < -0.3 is 0 Å². The quantitative estimate of drug-likeness (QED) is 0.774. The molecule has 0 bridgehead atoms. The van der Waals surface area contributed by atoms with Crippen LogP contribution in [0, 0.1) is 23.6 Å². The Bertz CT molecular complexity index is 500. The third-order valence-electron chi connectivity index (χ3n) is 5.28. The molecular formula is C18H23FO. The molecule has 0 N–H and O–H groups in total. The number of carbonyl (C=O) groups is 1. The van der Waals surface area contributed by atoms with Gasteiger partial charge in [-0.1, -0.05) is 44.7 Å². The first-order chi connectivity index (χ1) is 9.70. The number of hydrogen-bond donors (Lipinski definition) is 0. The highest BCUT2D eigenvalue weighted by Gasteiger charge is 2.39. The molecule has 1 fully saturated rings. The summed E-state index contributed by atoms with van der Waals surface area (Å²) in [6, 6.07) is 5.05. The van der Waals surface area contributed by atoms with Crippen LogP contribution in [0.5, 0.6) is 0 Å². The van der Waals surface area contributed by atoms with Crippen LogP contribution in [0.4, 0.5) is 4.39 Å². The number of rotatable bonds is 3. The van der Waals surface area contributed by atoms with Crippen molar-refractivity contribution in [3.63, 3.8) is 0 Å². The molecule has 3 rings (SSSR count). The van der Waals surface area contributed by atoms with Gasteiger partial charge in [0, 0.05) is 5.92 Å². The van der Waals surface area contributed by atoms with Crippen molar-refractivity contribution < 1.29 is 9.18 Å². The van der Waals surface area contributed by atoms with E-state index < -0.39 is 0 Å². The van der Waals surface area contributed by atoms with Crippen molar-refractivity contribution in [3.8, 4) is 0 Å². The standard InChI is InChI=1S/C18H23FO/c1-2-4-12-7-9-13(10-8-12)15-11-14-5-3-6-16(19)17(14)18(15)20/h3,5-6,12-13,15H,2,4,7-11H2,1H3. The second kappa shape index (κ2) is 5.67. The molecule has 1 saturated carbocycles. The fraction of sp³-hybridized carbons (Fsp3) is 0.611. The highest BCUT2D eigenvalue weighted by atomic mass is 19.1. The largest absolute Gasteiger partial charge is 0.294 e. The van der Waals surface area contributed by atoms with E-state index in [1.54, 1.807) is 6.07 Å². The van der Waals surface area contributed by atoms with Crippen LogP contribution in [-0.2, 0) is 6.42 Å². The van der Waals surface area contributed by atoms with Gasteiger partial charge in [-0.15, -0.1) is 0 Å². The molecule has 1 nitrogen and oxygen atoms in total. The molecule has 0 heterocycles. The number of carbonyl (C=O) groups excluding carboxylic acids is 1. The molecule has 2 aliphatic carbocycles. The smallest absolute Gasteiger partial charge is 0.169 e. The highest BCUT2D eigenvalue weighted by molar-refractivity contribution is 6.02. The van der Waals surface area contributed by atoms with Gasteiger partial charge in [0.25, 0.3) is 0 Å². The van der Waals surface area contributed by atoms with Crippen LogP contribution < -0.4 is 0 Å². The average molecular weight is 274 g/mol. The van der Waals surface area contributed by atoms with Crippen molar-refractivity contribution in [2.75, 3.05) is 0 Å². The number of benzene rings is 1. The van der Waals surface area contributed by atoms with E-state index in [0.29, 0.717) is 11.5 Å². The minimum atomic E-state index is -0.324. The van der Waals surface area contributed by atoms with E-state index in [2.05, 4.69) is 6.92 Å². The summed E-state index contributed by atoms with van der Waals surface area (Å²) in [5.74, 6) is 1.12. The molecule has 1 aromatic carbocycles. The summed E-state index contributed by atoms with van der Waals surface area (Å²) in [4.78, 5) is 12.5. The van der Waals surface area contributed by atoms with Crippen LogP contribution in [0.15, 0.2) is 18.2 Å². The fourth-order valence-electron chi connectivity index (χ4n) is 4.20. The third-order valence-corrected chi connectivity index (χ3v) is 5.28. The van der Waals surface area contributed by atoms with E-state index in [1.165, 1.54) is 31.7 Å². The maximum absolute atomic E-state index is 13.8. The average Bonchev–Trinajstić information content (AvgIpc) is 2.79. The molecule has 1 unspecified atom stereocenters. The maximum Gasteiger partial charge on any atom is 0.169 e. The number of halogens is 1. The molecule has 0 spiro atoms. The lowest BCUT2D eigenvalue weighted by Gasteiger charge is -2.31. The van der Waals surface area contributed by atoms with Crippen LogP contribution in [0.3, 0.4) is 0 Å². The Hall–Kier alpha value is -1.18. The zero-order valence-electron chi connectivity index (χ0n) is 12.2. The van der Waals surface area contributed by atoms with Gasteiger partial charge in [0.1, 0.15) is 5.82 Å². The summed E-state index contributed by atoms with van der Waals surface area (Å²) in [5.41, 5.74) is 1.31. The van der Waals surface area contributed by atoms with Gasteiger partial charge in [0.15, 0.2) is 5.78 Å². The van der Waals surface area contributed by atoms with Crippen molar-refractivity contribution in [3.05, 3.63) is 35.1 Å². The Morgan fingerprint density at radius 1 is 1.20 bits per heavy atom. The van der Waals surface area contributed by atoms with E-state index in [0.717, 1.165) is 30.7 Å². The predicted octanol–water partition coefficient (Wildman–Crippen LogP) is 4.79. The Kier molecular flexibility index (Phi) is 3.91. The van der Waals surface area contributed by atoms with Gasteiger partial charge in [0.2, 0.25) is 0 Å². The normalized spacial score (nSPS) is 29.5. The van der Waals surface area contributed by atoms with Gasteiger partial charge in [-0.25, -0.2) is 4.39 Å². The minimum absolute atomic E-state index is 0.0458. The van der Waals surface area contributed by atoms with Crippen LogP contribution in [-0.4, -0.2) is 5.78 Å². The lowest BCUT2D eigenvalue weighted by atomic mass is 9.73. The second-order valence-corrected chi connectivity index (χ2v) is 6.52. The monoisotopic (exact) mass is 274 g/mol. The van der Waals surface area contributed by atoms with E-state index >= 15 is 0 Å². The zero-order chi connectivity index (χ0) is 14.1. The highest BCUT2D eigenvalue weighted by Crippen LogP contribution is 2.41. The van der Waals surface area contributed by atoms with E-state index in [9.17, 15) is 9.18 Å². The number of fused-ring (bicyclic) bond motifs is 1. The van der Waals surface area contributed by atoms with Crippen LogP contribution in [0.25, 0.3) is 0 Å². The first-order valence-corrected chi connectivity index (χ1v) is 8.02. The van der Waals surface area contributed by atoms with Crippen molar-refractivity contribution in [2.45, 2.75) is 51.9 Å². The summed E-state index contributed by atoms with van der Waals surface area (Å²) >= 11 is 0. The van der Waals surface area contributed by atoms with E-state index in [-0.39, 0.29) is 17.5 Å². The van der Waals surface area contributed by atoms with Gasteiger partial charge in [-0.2, -0.15) is 0 Å². The van der Waals surface area contributed by atoms with Gasteiger partial charge in [-0.3, -0.25) is 4.79 Å². The molecule has 0 radical (unpaired) electrons. The molecule has 0 aliphatic heterocycles. The topological polar surface area (TPSA) is 17.1 Å². The molecule has 0 saturated heterocycles. The summed E-state index contributed by atoms with van der Waals surface area (Å²) < 4.78 is 13.8. The minimum Gasteiger partial charge on any atom is -0.294 e. The Labute approximate surface area is 120 Å². The zero-order valence-corrected chi connectivity index (χ0v) is 12.2. The van der Waals surface area contributed by atoms with Crippen molar-refractivity contribution in [1.29, 1.82) is 0 Å². The molecule has 2 aliphatic rings. The summed E-state index contributed by atoms with van der Waals surface area (Å²) in [6.07, 6.45) is 8.14. The summed E-state index contributed by atoms with van der Waals surface area (Å²) in [7, 11) is 0. The molecule has 1 atom stereocenters. The fourth-order valence-corrected chi connectivity index (χ4v) is 4.20. The van der Waals surface area contributed by atoms with Crippen LogP contribution in [0.2, 0.25) is 0 Å². The SMILES string of the molecule is CCCC1CCC(C2Cc3cccc(F)c3C2=O)CC1. The summed E-state index contributed by atoms with van der Waals surface area (Å²) in [5, 5.41) is 0. The molecule has 2 heteroatoms. The van der Waals surface area contributed by atoms with E-state index in [1.807, 2.05) is 6.07 Å². The Balaban J connectivity index is 1.69. The molecule has 0 amide bonds. The Morgan fingerprint density at radius 3 is 2.60 bits per heavy atom. The number of ketones is 1. The predicted molar refractivity (Wildman–Crippen MR) is 78.3 cm³/mol. The second-order valence-electron chi connectivity index (χ2n) is 6.52. The van der Waals surface area contributed by atoms with Gasteiger partial charge in [-0.05, 0) is 42.7 Å². The van der Waals surface area contributed by atoms with Crippen LogP contribution >= 0.6 is 0 Å². The lowest BCUT2D eigenvalue weighted by Crippen LogP contribution is -2.26. The van der Waals surface area contributed by atoms with Crippen LogP contribution in [0.1, 0.15) is 61.4 Å². The molecular weight excluding hydrogens is 251 g/mol. The Morgan fingerprint density at radius 2 is 1.95 bits per heavy atom. The lowest BCUT2D eigenvalue weighted by molar-refractivity contribution is 0.0848. The van der Waals surface area contributed by atoms with Gasteiger partial charge >= 0.3 is 0 Å². The first kappa shape index (κ1) is 13.8. The van der Waals surface area contributed by atoms with E-state index in [4.69, 9.17) is 0 Å². The molecule has 0 aromatic heterocycles. The van der Waals surface area contributed by atoms with Crippen molar-refractivity contribution in [1.82, 2.24) is 0 Å². The summed E-state index contributed by atoms with van der Waals surface area (Å²) in [6.45, 7) is 2.24. The number of hydrogen-bond acceptors (Lipinski definition) is 1. The van der Waals surface area contributed by atoms with Gasteiger partial charge in [0.05, 0.1) is 5.56 Å². The van der Waals surface area contributed by atoms with Crippen molar-refractivity contribution in [2.24, 2.45) is 17.8 Å². The first-order valence-electron chi connectivity index (χ1n) is 8.02. The van der Waals surface area contributed by atoms with Crippen molar-refractivity contribution >= 4 is 5.78 Å².